The van der Waals surface area contributed by atoms with Crippen LogP contribution in [0.3, 0.4) is 0 Å². The molecule has 0 spiro atoms. The van der Waals surface area contributed by atoms with Gasteiger partial charge >= 0.3 is 11.9 Å². The van der Waals surface area contributed by atoms with Gasteiger partial charge in [0.25, 0.3) is 0 Å². The Bertz CT molecular complexity index is 972. The second-order valence-corrected chi connectivity index (χ2v) is 8.27. The fraction of sp³-hybridized carbons (Fsp3) is 0.375. The number of quaternary nitrogens is 1. The second-order valence-electron chi connectivity index (χ2n) is 8.27. The van der Waals surface area contributed by atoms with Crippen molar-refractivity contribution in [1.82, 2.24) is 0 Å². The molecule has 0 bridgehead atoms. The number of carboxylic acid groups (broad SMARTS) is 1. The molecular formula is C24H27N2O3+. The van der Waals surface area contributed by atoms with Crippen molar-refractivity contribution < 1.29 is 19.2 Å². The zero-order valence-electron chi connectivity index (χ0n) is 17.2. The van der Waals surface area contributed by atoms with E-state index in [0.29, 0.717) is 18.5 Å². The first kappa shape index (κ1) is 20.8. The third kappa shape index (κ3) is 3.45. The van der Waals surface area contributed by atoms with Gasteiger partial charge in [-0.2, -0.15) is 5.26 Å². The molecule has 29 heavy (non-hydrogen) atoms. The van der Waals surface area contributed by atoms with Crippen molar-refractivity contribution in [3.05, 3.63) is 59.7 Å². The normalized spacial score (nSPS) is 21.9. The van der Waals surface area contributed by atoms with E-state index in [1.54, 1.807) is 6.07 Å². The first-order valence-corrected chi connectivity index (χ1v) is 10.0. The Morgan fingerprint density at radius 2 is 1.79 bits per heavy atom. The summed E-state index contributed by atoms with van der Waals surface area (Å²) in [5, 5.41) is 19.0. The van der Waals surface area contributed by atoms with Gasteiger partial charge in [-0.05, 0) is 37.5 Å². The van der Waals surface area contributed by atoms with E-state index in [0.717, 1.165) is 29.5 Å². The van der Waals surface area contributed by atoms with E-state index in [1.807, 2.05) is 63.2 Å². The van der Waals surface area contributed by atoms with Crippen molar-refractivity contribution in [2.45, 2.75) is 58.2 Å². The molecular weight excluding hydrogens is 364 g/mol. The van der Waals surface area contributed by atoms with Crippen LogP contribution in [-0.2, 0) is 16.1 Å². The number of rotatable bonds is 7. The summed E-state index contributed by atoms with van der Waals surface area (Å²) in [6, 6.07) is 16.6. The second kappa shape index (κ2) is 7.81. The zero-order valence-corrected chi connectivity index (χ0v) is 17.2. The molecule has 1 N–H and O–H groups in total. The molecule has 3 rings (SSSR count). The number of hydrogen-bond donors (Lipinski definition) is 1. The first-order chi connectivity index (χ1) is 13.8. The van der Waals surface area contributed by atoms with Crippen LogP contribution in [-0.4, -0.2) is 33.0 Å². The fourth-order valence-electron chi connectivity index (χ4n) is 4.53. The Hall–Kier alpha value is -2.97. The van der Waals surface area contributed by atoms with Crippen LogP contribution in [0.25, 0.3) is 11.1 Å². The van der Waals surface area contributed by atoms with Crippen molar-refractivity contribution in [3.63, 3.8) is 0 Å². The van der Waals surface area contributed by atoms with Crippen molar-refractivity contribution in [3.8, 4) is 17.2 Å². The Kier molecular flexibility index (Phi) is 5.59. The molecule has 150 valence electrons. The minimum atomic E-state index is -0.917. The number of nitrogens with zero attached hydrogens (tertiary/aromatic N) is 2. The van der Waals surface area contributed by atoms with Crippen LogP contribution in [0.1, 0.15) is 51.2 Å². The third-order valence-electron chi connectivity index (χ3n) is 6.24. The van der Waals surface area contributed by atoms with Crippen molar-refractivity contribution in [2.75, 3.05) is 0 Å². The summed E-state index contributed by atoms with van der Waals surface area (Å²) in [7, 11) is 0. The average Bonchev–Trinajstić information content (AvgIpc) is 3.22. The van der Waals surface area contributed by atoms with Gasteiger partial charge in [0, 0.05) is 5.56 Å². The number of hydrogen-bond acceptors (Lipinski definition) is 3. The van der Waals surface area contributed by atoms with E-state index in [2.05, 4.69) is 6.07 Å². The largest absolute Gasteiger partial charge is 0.477 e. The number of carbonyl (C=O) groups excluding carboxylic acids is 1. The fourth-order valence-corrected chi connectivity index (χ4v) is 4.53. The van der Waals surface area contributed by atoms with Gasteiger partial charge in [0.1, 0.15) is 6.54 Å². The Morgan fingerprint density at radius 3 is 2.34 bits per heavy atom. The van der Waals surface area contributed by atoms with E-state index in [4.69, 9.17) is 0 Å². The number of benzene rings is 2. The maximum Gasteiger partial charge on any atom is 0.369 e. The molecule has 1 amide bonds. The van der Waals surface area contributed by atoms with Crippen molar-refractivity contribution >= 4 is 11.9 Å². The molecule has 1 saturated heterocycles. The number of carbonyl (C=O) groups is 2. The Morgan fingerprint density at radius 1 is 1.14 bits per heavy atom. The molecule has 0 aromatic heterocycles. The van der Waals surface area contributed by atoms with E-state index in [1.165, 1.54) is 0 Å². The van der Waals surface area contributed by atoms with Gasteiger partial charge in [0.05, 0.1) is 18.1 Å². The maximum atomic E-state index is 13.1. The lowest BCUT2D eigenvalue weighted by molar-refractivity contribution is -0.772. The summed E-state index contributed by atoms with van der Waals surface area (Å²) in [4.78, 5) is 24.9. The number of amides is 1. The average molecular weight is 391 g/mol. The summed E-state index contributed by atoms with van der Waals surface area (Å²) in [5.74, 6) is -0.914. The highest BCUT2D eigenvalue weighted by Crippen LogP contribution is 2.53. The standard InChI is InChI=1S/C24H26N2O3/c1-4-5-10-21(27)26(22(23(28)29)24(26,2)3)16-17-11-13-18(14-12-17)20-9-7-6-8-19(20)15-25/h6-9,11-14,22H,4-5,10,16H2,1-3H3/p+1. The van der Waals surface area contributed by atoms with E-state index in [-0.39, 0.29) is 10.4 Å². The molecule has 2 aromatic carbocycles. The summed E-state index contributed by atoms with van der Waals surface area (Å²) >= 11 is 0. The molecule has 5 nitrogen and oxygen atoms in total. The highest BCUT2D eigenvalue weighted by atomic mass is 16.4. The molecule has 0 saturated carbocycles. The predicted molar refractivity (Wildman–Crippen MR) is 111 cm³/mol. The van der Waals surface area contributed by atoms with Crippen molar-refractivity contribution in [2.24, 2.45) is 0 Å². The van der Waals surface area contributed by atoms with Gasteiger partial charge in [0.15, 0.2) is 5.54 Å². The lowest BCUT2D eigenvalue weighted by Gasteiger charge is -2.21. The minimum Gasteiger partial charge on any atom is -0.477 e. The third-order valence-corrected chi connectivity index (χ3v) is 6.24. The van der Waals surface area contributed by atoms with E-state index >= 15 is 0 Å². The number of nitriles is 1. The zero-order chi connectivity index (χ0) is 21.2. The van der Waals surface area contributed by atoms with Gasteiger partial charge in [-0.1, -0.05) is 55.8 Å². The molecule has 1 aliphatic rings. The van der Waals surface area contributed by atoms with Gasteiger partial charge < -0.3 is 5.11 Å². The lowest BCUT2D eigenvalue weighted by Crippen LogP contribution is -2.40. The van der Waals surface area contributed by atoms with Crippen LogP contribution in [0.5, 0.6) is 0 Å². The van der Waals surface area contributed by atoms with Crippen LogP contribution in [0.4, 0.5) is 0 Å². The number of carboxylic acids is 1. The molecule has 5 heteroatoms. The summed E-state index contributed by atoms with van der Waals surface area (Å²) < 4.78 is -0.0313. The SMILES string of the molecule is CCCCC(=O)[N+]1(Cc2ccc(-c3ccccc3C#N)cc2)C(C(=O)O)C1(C)C. The monoisotopic (exact) mass is 391 g/mol. The molecule has 2 aromatic rings. The van der Waals surface area contributed by atoms with Gasteiger partial charge in [-0.3, -0.25) is 0 Å². The topological polar surface area (TPSA) is 78.2 Å². The van der Waals surface area contributed by atoms with E-state index < -0.39 is 17.6 Å². The summed E-state index contributed by atoms with van der Waals surface area (Å²) in [5.41, 5.74) is 2.69. The predicted octanol–water partition coefficient (Wildman–Crippen LogP) is 4.50. The quantitative estimate of drug-likeness (QED) is 0.557. The molecule has 0 aliphatic carbocycles. The summed E-state index contributed by atoms with van der Waals surface area (Å²) in [6.07, 6.45) is 2.07. The highest BCUT2D eigenvalue weighted by molar-refractivity contribution is 5.84. The number of aliphatic carboxylic acids is 1. The minimum absolute atomic E-state index is 0.00292. The van der Waals surface area contributed by atoms with Gasteiger partial charge in [-0.25, -0.2) is 14.1 Å². The summed E-state index contributed by atoms with van der Waals surface area (Å²) in [6.45, 7) is 6.13. The molecule has 1 aliphatic heterocycles. The van der Waals surface area contributed by atoms with Crippen molar-refractivity contribution in [1.29, 1.82) is 5.26 Å². The van der Waals surface area contributed by atoms with E-state index in [9.17, 15) is 20.0 Å². The van der Waals surface area contributed by atoms with Gasteiger partial charge in [0.2, 0.25) is 6.04 Å². The number of unbranched alkanes of at least 4 members (excludes halogenated alkanes) is 1. The molecule has 2 atom stereocenters. The van der Waals surface area contributed by atoms with Crippen LogP contribution in [0.15, 0.2) is 48.5 Å². The molecule has 1 heterocycles. The maximum absolute atomic E-state index is 13.1. The first-order valence-electron chi connectivity index (χ1n) is 10.0. The lowest BCUT2D eigenvalue weighted by atomic mass is 9.99. The van der Waals surface area contributed by atoms with Crippen LogP contribution in [0, 0.1) is 11.3 Å². The van der Waals surface area contributed by atoms with Gasteiger partial charge in [-0.15, -0.1) is 0 Å². The molecule has 0 radical (unpaired) electrons. The van der Waals surface area contributed by atoms with Crippen LogP contribution in [0.2, 0.25) is 0 Å². The molecule has 1 fully saturated rings. The smallest absolute Gasteiger partial charge is 0.369 e. The van der Waals surface area contributed by atoms with Crippen LogP contribution < -0.4 is 0 Å². The molecule has 2 unspecified atom stereocenters. The van der Waals surface area contributed by atoms with Crippen LogP contribution >= 0.6 is 0 Å². The highest BCUT2D eigenvalue weighted by Gasteiger charge is 2.80. The Labute approximate surface area is 171 Å². The Balaban J connectivity index is 1.91.